The van der Waals surface area contributed by atoms with Crippen molar-refractivity contribution in [3.05, 3.63) is 78.4 Å². The number of amides is 1. The second-order valence-corrected chi connectivity index (χ2v) is 7.62. The van der Waals surface area contributed by atoms with E-state index in [2.05, 4.69) is 17.0 Å². The molecule has 5 rings (SSSR count). The van der Waals surface area contributed by atoms with Gasteiger partial charge < -0.3 is 14.2 Å². The van der Waals surface area contributed by atoms with Crippen LogP contribution in [0, 0.1) is 5.82 Å². The Kier molecular flexibility index (Phi) is 4.59. The average molecular weight is 403 g/mol. The van der Waals surface area contributed by atoms with Gasteiger partial charge in [0.25, 0.3) is 5.91 Å². The summed E-state index contributed by atoms with van der Waals surface area (Å²) in [5, 5.41) is 4.67. The van der Waals surface area contributed by atoms with Gasteiger partial charge in [-0.25, -0.2) is 9.07 Å². The van der Waals surface area contributed by atoms with Gasteiger partial charge in [0.15, 0.2) is 0 Å². The predicted octanol–water partition coefficient (Wildman–Crippen LogP) is 3.32. The second-order valence-electron chi connectivity index (χ2n) is 7.62. The first-order chi connectivity index (χ1) is 14.6. The fourth-order valence-corrected chi connectivity index (χ4v) is 3.90. The van der Waals surface area contributed by atoms with Gasteiger partial charge in [-0.2, -0.15) is 5.10 Å². The maximum atomic E-state index is 13.3. The zero-order valence-electron chi connectivity index (χ0n) is 16.7. The summed E-state index contributed by atoms with van der Waals surface area (Å²) in [6.45, 7) is 3.22. The lowest BCUT2D eigenvalue weighted by Crippen LogP contribution is -2.47. The number of piperazine rings is 1. The van der Waals surface area contributed by atoms with E-state index in [4.69, 9.17) is 0 Å². The molecule has 0 bridgehead atoms. The van der Waals surface area contributed by atoms with Crippen LogP contribution in [-0.4, -0.2) is 63.1 Å². The third-order valence-electron chi connectivity index (χ3n) is 5.64. The Balaban J connectivity index is 1.53. The van der Waals surface area contributed by atoms with Gasteiger partial charge in [0.2, 0.25) is 0 Å². The fourth-order valence-electron chi connectivity index (χ4n) is 3.90. The molecule has 152 valence electrons. The number of rotatable bonds is 3. The van der Waals surface area contributed by atoms with E-state index in [1.807, 2.05) is 52.0 Å². The zero-order chi connectivity index (χ0) is 20.7. The minimum atomic E-state index is -0.282. The molecule has 3 aromatic heterocycles. The highest BCUT2D eigenvalue weighted by molar-refractivity contribution is 6.02. The lowest BCUT2D eigenvalue weighted by molar-refractivity contribution is 0.0666. The van der Waals surface area contributed by atoms with Gasteiger partial charge in [-0.1, -0.05) is 6.07 Å². The summed E-state index contributed by atoms with van der Waals surface area (Å²) >= 11 is 0. The normalized spacial score (nSPS) is 15.1. The van der Waals surface area contributed by atoms with E-state index in [1.165, 1.54) is 12.1 Å². The molecule has 1 aliphatic rings. The van der Waals surface area contributed by atoms with Crippen LogP contribution in [0.1, 0.15) is 10.4 Å². The summed E-state index contributed by atoms with van der Waals surface area (Å²) in [5.74, 6) is -0.230. The predicted molar refractivity (Wildman–Crippen MR) is 113 cm³/mol. The number of fused-ring (bicyclic) bond motifs is 1. The van der Waals surface area contributed by atoms with Crippen LogP contribution in [0.5, 0.6) is 0 Å². The Labute approximate surface area is 173 Å². The van der Waals surface area contributed by atoms with E-state index in [0.29, 0.717) is 5.56 Å². The minimum Gasteiger partial charge on any atom is -0.336 e. The van der Waals surface area contributed by atoms with E-state index in [9.17, 15) is 9.18 Å². The number of hydrogen-bond acceptors (Lipinski definition) is 3. The van der Waals surface area contributed by atoms with Crippen LogP contribution >= 0.6 is 0 Å². The quantitative estimate of drug-likeness (QED) is 0.527. The van der Waals surface area contributed by atoms with Crippen molar-refractivity contribution in [3.63, 3.8) is 0 Å². The number of benzene rings is 1. The van der Waals surface area contributed by atoms with Crippen molar-refractivity contribution in [1.82, 2.24) is 24.0 Å². The molecule has 30 heavy (non-hydrogen) atoms. The van der Waals surface area contributed by atoms with Gasteiger partial charge in [-0.15, -0.1) is 0 Å². The molecule has 0 unspecified atom stereocenters. The molecule has 0 radical (unpaired) electrons. The molecule has 6 nitrogen and oxygen atoms in total. The van der Waals surface area contributed by atoms with E-state index >= 15 is 0 Å². The maximum absolute atomic E-state index is 13.3. The standard InChI is InChI=1S/C23H22FN5O/c1-26-12-14-27(15-13-26)23(30)19-16-22(28-10-3-2-4-21(19)28)20-9-11-29(25-20)18-7-5-17(24)6-8-18/h2-11,16H,12-15H2,1H3. The van der Waals surface area contributed by atoms with Gasteiger partial charge in [0, 0.05) is 38.6 Å². The van der Waals surface area contributed by atoms with Crippen molar-refractivity contribution in [2.75, 3.05) is 33.2 Å². The third kappa shape index (κ3) is 3.27. The van der Waals surface area contributed by atoms with Crippen LogP contribution in [0.3, 0.4) is 0 Å². The molecule has 0 N–H and O–H groups in total. The highest BCUT2D eigenvalue weighted by Crippen LogP contribution is 2.27. The SMILES string of the molecule is CN1CCN(C(=O)c2cc(-c3ccn(-c4ccc(F)cc4)n3)n3ccccc23)CC1. The maximum Gasteiger partial charge on any atom is 0.256 e. The number of carbonyl (C=O) groups is 1. The van der Waals surface area contributed by atoms with Crippen molar-refractivity contribution in [2.24, 2.45) is 0 Å². The van der Waals surface area contributed by atoms with E-state index in [1.54, 1.807) is 16.8 Å². The Morgan fingerprint density at radius 3 is 2.50 bits per heavy atom. The van der Waals surface area contributed by atoms with Crippen molar-refractivity contribution in [1.29, 1.82) is 0 Å². The van der Waals surface area contributed by atoms with Gasteiger partial charge >= 0.3 is 0 Å². The minimum absolute atomic E-state index is 0.0519. The molecule has 0 aliphatic carbocycles. The largest absolute Gasteiger partial charge is 0.336 e. The number of pyridine rings is 1. The molecule has 1 aromatic carbocycles. The fraction of sp³-hybridized carbons (Fsp3) is 0.217. The lowest BCUT2D eigenvalue weighted by Gasteiger charge is -2.32. The summed E-state index contributed by atoms with van der Waals surface area (Å²) in [5.41, 5.74) is 3.93. The van der Waals surface area contributed by atoms with Gasteiger partial charge in [-0.3, -0.25) is 4.79 Å². The molecule has 7 heteroatoms. The molecule has 1 amide bonds. The number of carbonyl (C=O) groups excluding carboxylic acids is 1. The Morgan fingerprint density at radius 2 is 1.73 bits per heavy atom. The molecule has 0 spiro atoms. The topological polar surface area (TPSA) is 45.8 Å². The van der Waals surface area contributed by atoms with Crippen molar-refractivity contribution < 1.29 is 9.18 Å². The Morgan fingerprint density at radius 1 is 0.967 bits per heavy atom. The first kappa shape index (κ1) is 18.6. The number of hydrogen-bond donors (Lipinski definition) is 0. The number of likely N-dealkylation sites (N-methyl/N-ethyl adjacent to an activating group) is 1. The molecule has 0 saturated carbocycles. The summed E-state index contributed by atoms with van der Waals surface area (Å²) in [6, 6.07) is 15.9. The number of nitrogens with zero attached hydrogens (tertiary/aromatic N) is 5. The number of aromatic nitrogens is 3. The summed E-state index contributed by atoms with van der Waals surface area (Å²) < 4.78 is 16.9. The molecule has 4 heterocycles. The first-order valence-corrected chi connectivity index (χ1v) is 10.00. The number of halogens is 1. The van der Waals surface area contributed by atoms with Crippen LogP contribution < -0.4 is 0 Å². The highest BCUT2D eigenvalue weighted by Gasteiger charge is 2.24. The van der Waals surface area contributed by atoms with Crippen LogP contribution in [0.15, 0.2) is 67.0 Å². The highest BCUT2D eigenvalue weighted by atomic mass is 19.1. The Hall–Kier alpha value is -3.45. The summed E-state index contributed by atoms with van der Waals surface area (Å²) in [4.78, 5) is 17.4. The molecule has 0 atom stereocenters. The van der Waals surface area contributed by atoms with Crippen molar-refractivity contribution in [2.45, 2.75) is 0 Å². The van der Waals surface area contributed by atoms with E-state index in [0.717, 1.165) is 48.8 Å². The third-order valence-corrected chi connectivity index (χ3v) is 5.64. The van der Waals surface area contributed by atoms with E-state index in [-0.39, 0.29) is 11.7 Å². The smallest absolute Gasteiger partial charge is 0.256 e. The summed E-state index contributed by atoms with van der Waals surface area (Å²) in [6.07, 6.45) is 3.79. The monoisotopic (exact) mass is 403 g/mol. The van der Waals surface area contributed by atoms with Gasteiger partial charge in [0.05, 0.1) is 22.5 Å². The van der Waals surface area contributed by atoms with Gasteiger partial charge in [0.1, 0.15) is 11.5 Å². The van der Waals surface area contributed by atoms with E-state index < -0.39 is 0 Å². The first-order valence-electron chi connectivity index (χ1n) is 10.00. The van der Waals surface area contributed by atoms with Crippen LogP contribution in [0.25, 0.3) is 22.6 Å². The van der Waals surface area contributed by atoms with Crippen molar-refractivity contribution >= 4 is 11.4 Å². The Bertz CT molecular complexity index is 1200. The molecule has 4 aromatic rings. The van der Waals surface area contributed by atoms with Crippen LogP contribution in [0.4, 0.5) is 4.39 Å². The average Bonchev–Trinajstić information content (AvgIpc) is 3.39. The second kappa shape index (κ2) is 7.42. The van der Waals surface area contributed by atoms with Crippen molar-refractivity contribution in [3.8, 4) is 17.1 Å². The molecule has 1 aliphatic heterocycles. The zero-order valence-corrected chi connectivity index (χ0v) is 16.7. The lowest BCUT2D eigenvalue weighted by atomic mass is 10.2. The molecular formula is C23H22FN5O. The summed E-state index contributed by atoms with van der Waals surface area (Å²) in [7, 11) is 2.07. The van der Waals surface area contributed by atoms with Gasteiger partial charge in [-0.05, 0) is 55.6 Å². The van der Waals surface area contributed by atoms with Crippen LogP contribution in [0.2, 0.25) is 0 Å². The molecule has 1 saturated heterocycles. The van der Waals surface area contributed by atoms with Crippen LogP contribution in [-0.2, 0) is 0 Å². The molecular weight excluding hydrogens is 381 g/mol. The molecule has 1 fully saturated rings.